The zero-order chi connectivity index (χ0) is 23.4. The highest BCUT2D eigenvalue weighted by molar-refractivity contribution is 7.13. The monoisotopic (exact) mass is 485 g/mol. The van der Waals surface area contributed by atoms with Crippen LogP contribution in [-0.2, 0) is 4.74 Å². The summed E-state index contributed by atoms with van der Waals surface area (Å²) in [6, 6.07) is 8.89. The molecule has 1 fully saturated rings. The van der Waals surface area contributed by atoms with E-state index in [4.69, 9.17) is 16.3 Å². The molecule has 4 rings (SSSR count). The van der Waals surface area contributed by atoms with Crippen molar-refractivity contribution in [2.45, 2.75) is 19.9 Å². The number of amides is 2. The fourth-order valence-corrected chi connectivity index (χ4v) is 4.30. The van der Waals surface area contributed by atoms with Crippen LogP contribution in [-0.4, -0.2) is 48.1 Å². The fourth-order valence-electron chi connectivity index (χ4n) is 3.39. The van der Waals surface area contributed by atoms with Gasteiger partial charge in [-0.15, -0.1) is 11.3 Å². The summed E-state index contributed by atoms with van der Waals surface area (Å²) in [6.07, 6.45) is 3.00. The molecule has 8 nitrogen and oxygen atoms in total. The third-order valence-electron chi connectivity index (χ3n) is 5.24. The highest BCUT2D eigenvalue weighted by Gasteiger charge is 2.19. The van der Waals surface area contributed by atoms with Gasteiger partial charge in [-0.2, -0.15) is 0 Å². The number of morpholine rings is 1. The maximum absolute atomic E-state index is 12.8. The van der Waals surface area contributed by atoms with Gasteiger partial charge >= 0.3 is 0 Å². The minimum absolute atomic E-state index is 0.195. The molecule has 10 heteroatoms. The van der Waals surface area contributed by atoms with Crippen molar-refractivity contribution in [2.75, 3.05) is 36.5 Å². The normalized spacial score (nSPS) is 14.6. The predicted octanol–water partition coefficient (Wildman–Crippen LogP) is 4.08. The maximum atomic E-state index is 12.8. The highest BCUT2D eigenvalue weighted by Crippen LogP contribution is 2.23. The van der Waals surface area contributed by atoms with E-state index in [0.717, 1.165) is 24.3 Å². The molecule has 0 aliphatic carbocycles. The van der Waals surface area contributed by atoms with E-state index in [1.807, 2.05) is 32.0 Å². The van der Waals surface area contributed by atoms with Crippen LogP contribution in [0, 0.1) is 6.92 Å². The molecule has 0 bridgehead atoms. The van der Waals surface area contributed by atoms with Crippen LogP contribution in [0.2, 0.25) is 5.02 Å². The van der Waals surface area contributed by atoms with Gasteiger partial charge in [-0.3, -0.25) is 9.59 Å². The molecule has 33 heavy (non-hydrogen) atoms. The van der Waals surface area contributed by atoms with Crippen LogP contribution in [0.1, 0.15) is 43.6 Å². The van der Waals surface area contributed by atoms with Crippen molar-refractivity contribution >= 4 is 46.3 Å². The lowest BCUT2D eigenvalue weighted by Gasteiger charge is -2.29. The number of halogens is 1. The lowest BCUT2D eigenvalue weighted by Crippen LogP contribution is -2.36. The number of rotatable bonds is 6. The SMILES string of the molecule is Cc1cc(NC(=O)c2cnc(C(C)NC(=O)c3cccc(N4CCOCC4)c3)s2)ncc1Cl. The average molecular weight is 486 g/mol. The quantitative estimate of drug-likeness (QED) is 0.546. The highest BCUT2D eigenvalue weighted by atomic mass is 35.5. The number of thiazole rings is 1. The largest absolute Gasteiger partial charge is 0.378 e. The van der Waals surface area contributed by atoms with Crippen molar-refractivity contribution < 1.29 is 14.3 Å². The number of ether oxygens (including phenoxy) is 1. The number of hydrogen-bond acceptors (Lipinski definition) is 7. The van der Waals surface area contributed by atoms with Gasteiger partial charge in [0.25, 0.3) is 11.8 Å². The number of benzene rings is 1. The molecule has 3 aromatic rings. The molecule has 1 atom stereocenters. The first kappa shape index (κ1) is 23.2. The molecule has 2 aromatic heterocycles. The molecule has 2 amide bonds. The van der Waals surface area contributed by atoms with Gasteiger partial charge in [0, 0.05) is 30.5 Å². The van der Waals surface area contributed by atoms with E-state index in [2.05, 4.69) is 25.5 Å². The second kappa shape index (κ2) is 10.3. The lowest BCUT2D eigenvalue weighted by molar-refractivity contribution is 0.0939. The molecule has 1 aromatic carbocycles. The number of nitrogens with one attached hydrogen (secondary N) is 2. The Morgan fingerprint density at radius 2 is 1.94 bits per heavy atom. The van der Waals surface area contributed by atoms with Gasteiger partial charge in [-0.1, -0.05) is 17.7 Å². The zero-order valence-electron chi connectivity index (χ0n) is 18.3. The van der Waals surface area contributed by atoms with Gasteiger partial charge in [-0.25, -0.2) is 9.97 Å². The molecular formula is C23H24ClN5O3S. The second-order valence-corrected chi connectivity index (χ2v) is 9.15. The maximum Gasteiger partial charge on any atom is 0.268 e. The topological polar surface area (TPSA) is 96.5 Å². The van der Waals surface area contributed by atoms with Crippen LogP contribution in [0.5, 0.6) is 0 Å². The van der Waals surface area contributed by atoms with Crippen molar-refractivity contribution in [3.8, 4) is 0 Å². The summed E-state index contributed by atoms with van der Waals surface area (Å²) >= 11 is 7.21. The molecule has 1 aliphatic heterocycles. The van der Waals surface area contributed by atoms with Crippen molar-refractivity contribution in [3.05, 3.63) is 68.8 Å². The standard InChI is InChI=1S/C23H24ClN5O3S/c1-14-10-20(25-12-18(14)24)28-22(31)19-13-26-23(33-19)15(2)27-21(30)16-4-3-5-17(11-16)29-6-8-32-9-7-29/h3-5,10-13,15H,6-9H2,1-2H3,(H,27,30)(H,25,28,31). The van der Waals surface area contributed by atoms with Crippen LogP contribution in [0.3, 0.4) is 0 Å². The van der Waals surface area contributed by atoms with E-state index in [9.17, 15) is 9.59 Å². The number of hydrogen-bond donors (Lipinski definition) is 2. The van der Waals surface area contributed by atoms with E-state index in [-0.39, 0.29) is 17.9 Å². The van der Waals surface area contributed by atoms with Gasteiger partial charge in [-0.05, 0) is 43.7 Å². The van der Waals surface area contributed by atoms with Crippen LogP contribution in [0.4, 0.5) is 11.5 Å². The second-order valence-electron chi connectivity index (χ2n) is 7.68. The molecule has 1 unspecified atom stereocenters. The molecule has 2 N–H and O–H groups in total. The lowest BCUT2D eigenvalue weighted by atomic mass is 10.1. The van der Waals surface area contributed by atoms with Crippen molar-refractivity contribution in [1.29, 1.82) is 0 Å². The molecule has 1 saturated heterocycles. The Kier molecular flexibility index (Phi) is 7.22. The molecule has 1 aliphatic rings. The van der Waals surface area contributed by atoms with Crippen LogP contribution in [0.15, 0.2) is 42.7 Å². The summed E-state index contributed by atoms with van der Waals surface area (Å²) in [4.78, 5) is 36.5. The zero-order valence-corrected chi connectivity index (χ0v) is 19.9. The minimum Gasteiger partial charge on any atom is -0.378 e. The van der Waals surface area contributed by atoms with Gasteiger partial charge in [0.2, 0.25) is 0 Å². The average Bonchev–Trinajstić information content (AvgIpc) is 3.33. The number of anilines is 2. The van der Waals surface area contributed by atoms with E-state index < -0.39 is 0 Å². The summed E-state index contributed by atoms with van der Waals surface area (Å²) in [5.41, 5.74) is 2.39. The van der Waals surface area contributed by atoms with E-state index >= 15 is 0 Å². The van der Waals surface area contributed by atoms with Crippen molar-refractivity contribution in [2.24, 2.45) is 0 Å². The van der Waals surface area contributed by atoms with E-state index in [1.54, 1.807) is 12.1 Å². The third kappa shape index (κ3) is 5.68. The van der Waals surface area contributed by atoms with Crippen LogP contribution in [0.25, 0.3) is 0 Å². The van der Waals surface area contributed by atoms with Crippen LogP contribution < -0.4 is 15.5 Å². The third-order valence-corrected chi connectivity index (χ3v) is 6.81. The van der Waals surface area contributed by atoms with E-state index in [1.165, 1.54) is 23.7 Å². The number of pyridine rings is 1. The minimum atomic E-state index is -0.355. The van der Waals surface area contributed by atoms with Gasteiger partial charge in [0.05, 0.1) is 30.5 Å². The Bertz CT molecular complexity index is 1160. The molecular weight excluding hydrogens is 462 g/mol. The molecule has 0 spiro atoms. The fraction of sp³-hybridized carbons (Fsp3) is 0.304. The molecule has 0 saturated carbocycles. The smallest absolute Gasteiger partial charge is 0.268 e. The first-order chi connectivity index (χ1) is 15.9. The van der Waals surface area contributed by atoms with Crippen LogP contribution >= 0.6 is 22.9 Å². The number of aromatic nitrogens is 2. The van der Waals surface area contributed by atoms with Crippen molar-refractivity contribution in [3.63, 3.8) is 0 Å². The summed E-state index contributed by atoms with van der Waals surface area (Å²) in [5, 5.41) is 6.88. The summed E-state index contributed by atoms with van der Waals surface area (Å²) in [5.74, 6) is -0.0947. The number of carbonyl (C=O) groups is 2. The van der Waals surface area contributed by atoms with Gasteiger partial charge in [0.1, 0.15) is 15.7 Å². The predicted molar refractivity (Wildman–Crippen MR) is 129 cm³/mol. The summed E-state index contributed by atoms with van der Waals surface area (Å²) in [6.45, 7) is 6.65. The van der Waals surface area contributed by atoms with Gasteiger partial charge < -0.3 is 20.3 Å². The Morgan fingerprint density at radius 3 is 2.70 bits per heavy atom. The molecule has 0 radical (unpaired) electrons. The van der Waals surface area contributed by atoms with Crippen molar-refractivity contribution in [1.82, 2.24) is 15.3 Å². The molecule has 3 heterocycles. The first-order valence-corrected chi connectivity index (χ1v) is 11.7. The Balaban J connectivity index is 1.39. The van der Waals surface area contributed by atoms with Gasteiger partial charge in [0.15, 0.2) is 0 Å². The Labute approximate surface area is 201 Å². The first-order valence-electron chi connectivity index (χ1n) is 10.5. The Morgan fingerprint density at radius 1 is 1.15 bits per heavy atom. The number of carbonyl (C=O) groups excluding carboxylic acids is 2. The Hall–Kier alpha value is -3.01. The summed E-state index contributed by atoms with van der Waals surface area (Å²) < 4.78 is 5.40. The number of nitrogens with zero attached hydrogens (tertiary/aromatic N) is 3. The summed E-state index contributed by atoms with van der Waals surface area (Å²) in [7, 11) is 0. The van der Waals surface area contributed by atoms with E-state index in [0.29, 0.717) is 39.5 Å². The number of aryl methyl sites for hydroxylation is 1. The molecule has 172 valence electrons.